The maximum absolute atomic E-state index is 5.46. The molecule has 1 fully saturated rings. The van der Waals surface area contributed by atoms with Gasteiger partial charge in [0.15, 0.2) is 0 Å². The van der Waals surface area contributed by atoms with Crippen molar-refractivity contribution >= 4 is 11.6 Å². The molecule has 1 aromatic rings. The molecule has 0 bridgehead atoms. The number of likely N-dealkylation sites (N-methyl/N-ethyl adjacent to an activating group) is 1. The number of hydrogen-bond donors (Lipinski definition) is 2. The molecule has 1 aromatic heterocycles. The molecule has 1 saturated heterocycles. The van der Waals surface area contributed by atoms with Gasteiger partial charge in [-0.15, -0.1) is 0 Å². The first-order chi connectivity index (χ1) is 7.25. The maximum Gasteiger partial charge on any atom is 0.144 e. The highest BCUT2D eigenvalue weighted by Crippen LogP contribution is 2.15. The van der Waals surface area contributed by atoms with Gasteiger partial charge in [-0.3, -0.25) is 0 Å². The van der Waals surface area contributed by atoms with E-state index in [-0.39, 0.29) is 0 Å². The number of rotatable bonds is 3. The average Bonchev–Trinajstić information content (AvgIpc) is 2.63. The van der Waals surface area contributed by atoms with E-state index in [0.717, 1.165) is 12.4 Å². The minimum atomic E-state index is 0.457. The van der Waals surface area contributed by atoms with Crippen LogP contribution in [0.15, 0.2) is 12.4 Å². The smallest absolute Gasteiger partial charge is 0.144 e. The van der Waals surface area contributed by atoms with E-state index in [9.17, 15) is 0 Å². The predicted octanol–water partition coefficient (Wildman–Crippen LogP) is 0.565. The quantitative estimate of drug-likeness (QED) is 0.758. The molecule has 15 heavy (non-hydrogen) atoms. The lowest BCUT2D eigenvalue weighted by Gasteiger charge is -2.19. The maximum atomic E-state index is 5.46. The number of nitrogen functional groups attached to an aromatic ring is 1. The van der Waals surface area contributed by atoms with E-state index in [1.807, 2.05) is 0 Å². The van der Waals surface area contributed by atoms with Crippen LogP contribution in [0, 0.1) is 0 Å². The van der Waals surface area contributed by atoms with Crippen LogP contribution in [0.5, 0.6) is 0 Å². The molecule has 1 atom stereocenters. The zero-order valence-corrected chi connectivity index (χ0v) is 8.98. The Morgan fingerprint density at radius 3 is 3.00 bits per heavy atom. The zero-order valence-electron chi connectivity index (χ0n) is 8.98. The van der Waals surface area contributed by atoms with Gasteiger partial charge in [-0.1, -0.05) is 0 Å². The molecule has 5 heteroatoms. The lowest BCUT2D eigenvalue weighted by molar-refractivity contribution is 0.322. The SMILES string of the molecule is CN1CCCC1CNc1cnc(N)cn1. The fourth-order valence-corrected chi connectivity index (χ4v) is 1.89. The van der Waals surface area contributed by atoms with Crippen molar-refractivity contribution in [2.45, 2.75) is 18.9 Å². The summed E-state index contributed by atoms with van der Waals surface area (Å²) in [6, 6.07) is 0.615. The van der Waals surface area contributed by atoms with E-state index in [1.165, 1.54) is 19.4 Å². The Hall–Kier alpha value is -1.36. The number of hydrogen-bond acceptors (Lipinski definition) is 5. The van der Waals surface area contributed by atoms with Crippen molar-refractivity contribution in [3.63, 3.8) is 0 Å². The highest BCUT2D eigenvalue weighted by Gasteiger charge is 2.20. The van der Waals surface area contributed by atoms with Crippen LogP contribution in [-0.4, -0.2) is 41.0 Å². The van der Waals surface area contributed by atoms with Crippen molar-refractivity contribution < 1.29 is 0 Å². The average molecular weight is 207 g/mol. The number of nitrogens with two attached hydrogens (primary N) is 1. The molecule has 0 spiro atoms. The van der Waals surface area contributed by atoms with E-state index in [4.69, 9.17) is 5.73 Å². The standard InChI is InChI=1S/C10H17N5/c1-15-4-2-3-8(15)5-13-10-7-12-9(11)6-14-10/h6-8H,2-5H2,1H3,(H2,11,12)(H,13,14). The van der Waals surface area contributed by atoms with Crippen LogP contribution in [0.1, 0.15) is 12.8 Å². The fourth-order valence-electron chi connectivity index (χ4n) is 1.89. The summed E-state index contributed by atoms with van der Waals surface area (Å²) in [5.41, 5.74) is 5.46. The summed E-state index contributed by atoms with van der Waals surface area (Å²) < 4.78 is 0. The number of aromatic nitrogens is 2. The van der Waals surface area contributed by atoms with Gasteiger partial charge >= 0.3 is 0 Å². The van der Waals surface area contributed by atoms with E-state index in [2.05, 4.69) is 27.2 Å². The molecule has 1 unspecified atom stereocenters. The first kappa shape index (κ1) is 10.2. The molecule has 1 aliphatic heterocycles. The first-order valence-electron chi connectivity index (χ1n) is 5.27. The lowest BCUT2D eigenvalue weighted by Crippen LogP contribution is -2.31. The van der Waals surface area contributed by atoms with Gasteiger partial charge in [0.05, 0.1) is 12.4 Å². The predicted molar refractivity (Wildman–Crippen MR) is 60.6 cm³/mol. The Kier molecular flexibility index (Phi) is 3.01. The van der Waals surface area contributed by atoms with Crippen molar-refractivity contribution in [3.05, 3.63) is 12.4 Å². The van der Waals surface area contributed by atoms with Gasteiger partial charge in [-0.2, -0.15) is 0 Å². The van der Waals surface area contributed by atoms with Gasteiger partial charge in [-0.25, -0.2) is 9.97 Å². The molecule has 0 aliphatic carbocycles. The molecule has 5 nitrogen and oxygen atoms in total. The van der Waals surface area contributed by atoms with Crippen molar-refractivity contribution in [2.24, 2.45) is 0 Å². The van der Waals surface area contributed by atoms with Gasteiger partial charge in [0.25, 0.3) is 0 Å². The highest BCUT2D eigenvalue weighted by atomic mass is 15.2. The van der Waals surface area contributed by atoms with E-state index < -0.39 is 0 Å². The van der Waals surface area contributed by atoms with Crippen LogP contribution >= 0.6 is 0 Å². The molecule has 0 aromatic carbocycles. The summed E-state index contributed by atoms with van der Waals surface area (Å²) in [6.45, 7) is 2.12. The van der Waals surface area contributed by atoms with Crippen molar-refractivity contribution in [3.8, 4) is 0 Å². The van der Waals surface area contributed by atoms with Gasteiger partial charge in [0.2, 0.25) is 0 Å². The van der Waals surface area contributed by atoms with Crippen LogP contribution < -0.4 is 11.1 Å². The molecule has 3 N–H and O–H groups in total. The van der Waals surface area contributed by atoms with Crippen molar-refractivity contribution in [1.82, 2.24) is 14.9 Å². The Bertz CT molecular complexity index is 310. The number of nitrogens with one attached hydrogen (secondary N) is 1. The minimum Gasteiger partial charge on any atom is -0.382 e. The molecular weight excluding hydrogens is 190 g/mol. The summed E-state index contributed by atoms with van der Waals surface area (Å²) in [6.07, 6.45) is 5.78. The third-order valence-electron chi connectivity index (χ3n) is 2.86. The molecule has 0 saturated carbocycles. The summed E-state index contributed by atoms with van der Waals surface area (Å²) in [5.74, 6) is 1.25. The zero-order chi connectivity index (χ0) is 10.7. The van der Waals surface area contributed by atoms with Gasteiger partial charge in [-0.05, 0) is 26.4 Å². The molecule has 1 aliphatic rings. The molecule has 0 amide bonds. The van der Waals surface area contributed by atoms with Gasteiger partial charge in [0.1, 0.15) is 11.6 Å². The molecule has 82 valence electrons. The second-order valence-corrected chi connectivity index (χ2v) is 3.98. The van der Waals surface area contributed by atoms with Crippen molar-refractivity contribution in [2.75, 3.05) is 31.2 Å². The van der Waals surface area contributed by atoms with Crippen molar-refractivity contribution in [1.29, 1.82) is 0 Å². The summed E-state index contributed by atoms with van der Waals surface area (Å²) >= 11 is 0. The molecule has 2 heterocycles. The highest BCUT2D eigenvalue weighted by molar-refractivity contribution is 5.36. The summed E-state index contributed by atoms with van der Waals surface area (Å²) in [4.78, 5) is 10.5. The Morgan fingerprint density at radius 1 is 1.53 bits per heavy atom. The Labute approximate surface area is 89.7 Å². The Morgan fingerprint density at radius 2 is 2.40 bits per heavy atom. The van der Waals surface area contributed by atoms with Gasteiger partial charge in [0, 0.05) is 12.6 Å². The third-order valence-corrected chi connectivity index (χ3v) is 2.86. The fraction of sp³-hybridized carbons (Fsp3) is 0.600. The first-order valence-corrected chi connectivity index (χ1v) is 5.27. The van der Waals surface area contributed by atoms with E-state index >= 15 is 0 Å². The van der Waals surface area contributed by atoms with Gasteiger partial charge < -0.3 is 16.0 Å². The minimum absolute atomic E-state index is 0.457. The van der Waals surface area contributed by atoms with E-state index in [0.29, 0.717) is 11.9 Å². The molecule has 2 rings (SSSR count). The Balaban J connectivity index is 1.85. The number of anilines is 2. The van der Waals surface area contributed by atoms with Crippen LogP contribution in [0.2, 0.25) is 0 Å². The lowest BCUT2D eigenvalue weighted by atomic mass is 10.2. The monoisotopic (exact) mass is 207 g/mol. The molecular formula is C10H17N5. The van der Waals surface area contributed by atoms with Crippen LogP contribution in [0.4, 0.5) is 11.6 Å². The summed E-state index contributed by atoms with van der Waals surface area (Å²) in [7, 11) is 2.16. The summed E-state index contributed by atoms with van der Waals surface area (Å²) in [5, 5.41) is 3.27. The number of nitrogens with zero attached hydrogens (tertiary/aromatic N) is 3. The topological polar surface area (TPSA) is 67.1 Å². The van der Waals surface area contributed by atoms with Crippen LogP contribution in [-0.2, 0) is 0 Å². The largest absolute Gasteiger partial charge is 0.382 e. The van der Waals surface area contributed by atoms with Crippen LogP contribution in [0.25, 0.3) is 0 Å². The normalized spacial score (nSPS) is 21.8. The van der Waals surface area contributed by atoms with Crippen LogP contribution in [0.3, 0.4) is 0 Å². The number of likely N-dealkylation sites (tertiary alicyclic amines) is 1. The second kappa shape index (κ2) is 4.44. The third kappa shape index (κ3) is 2.56. The second-order valence-electron chi connectivity index (χ2n) is 3.98. The van der Waals surface area contributed by atoms with E-state index in [1.54, 1.807) is 12.4 Å². The molecule has 0 radical (unpaired) electrons.